The average molecular weight is 413 g/mol. The molecular weight excluding hydrogens is 394 g/mol. The highest BCUT2D eigenvalue weighted by Crippen LogP contribution is 2.31. The number of hydrogen-bond donors (Lipinski definition) is 2. The van der Waals surface area contributed by atoms with E-state index in [0.717, 1.165) is 23.3 Å². The minimum absolute atomic E-state index is 0.280. The summed E-state index contributed by atoms with van der Waals surface area (Å²) in [6.07, 6.45) is 2.47. The van der Waals surface area contributed by atoms with Gasteiger partial charge in [-0.15, -0.1) is 5.10 Å². The van der Waals surface area contributed by atoms with E-state index in [2.05, 4.69) is 32.0 Å². The van der Waals surface area contributed by atoms with Crippen LogP contribution in [-0.2, 0) is 7.05 Å². The molecule has 2 aromatic heterocycles. The molecule has 1 fully saturated rings. The molecule has 5 rings (SSSR count). The van der Waals surface area contributed by atoms with Crippen molar-refractivity contribution in [3.05, 3.63) is 53.7 Å². The maximum atomic E-state index is 13.1. The number of nitrogens with zero attached hydrogens (tertiary/aromatic N) is 5. The summed E-state index contributed by atoms with van der Waals surface area (Å²) >= 11 is 0. The maximum Gasteiger partial charge on any atom is 0.272 e. The number of hydrogen-bond acceptors (Lipinski definition) is 6. The first kappa shape index (κ1) is 18.8. The molecule has 2 heterocycles. The highest BCUT2D eigenvalue weighted by Gasteiger charge is 2.22. The monoisotopic (exact) mass is 413 g/mol. The second kappa shape index (κ2) is 7.57. The van der Waals surface area contributed by atoms with Gasteiger partial charge in [-0.05, 0) is 65.6 Å². The van der Waals surface area contributed by atoms with Crippen molar-refractivity contribution < 1.29 is 9.53 Å². The van der Waals surface area contributed by atoms with E-state index >= 15 is 0 Å². The quantitative estimate of drug-likeness (QED) is 0.500. The molecule has 9 heteroatoms. The van der Waals surface area contributed by atoms with Gasteiger partial charge >= 0.3 is 0 Å². The number of nitrogens with one attached hydrogen (secondary N) is 2. The van der Waals surface area contributed by atoms with E-state index < -0.39 is 0 Å². The molecule has 9 nitrogen and oxygen atoms in total. The van der Waals surface area contributed by atoms with Gasteiger partial charge in [-0.2, -0.15) is 5.26 Å². The fourth-order valence-electron chi connectivity index (χ4n) is 3.49. The first-order valence-corrected chi connectivity index (χ1v) is 9.94. The third kappa shape index (κ3) is 3.71. The fourth-order valence-corrected chi connectivity index (χ4v) is 3.49. The number of H-pyrrole nitrogens is 1. The number of nitriles is 1. The van der Waals surface area contributed by atoms with Crippen molar-refractivity contribution in [1.29, 1.82) is 5.26 Å². The van der Waals surface area contributed by atoms with Crippen molar-refractivity contribution in [1.82, 2.24) is 25.2 Å². The molecule has 0 radical (unpaired) electrons. The van der Waals surface area contributed by atoms with E-state index in [0.29, 0.717) is 34.3 Å². The molecular formula is C22H19N7O2. The van der Waals surface area contributed by atoms with Crippen LogP contribution in [0.4, 0.5) is 5.69 Å². The molecule has 0 unspecified atom stereocenters. The van der Waals surface area contributed by atoms with Crippen LogP contribution < -0.4 is 10.1 Å². The zero-order chi connectivity index (χ0) is 21.4. The summed E-state index contributed by atoms with van der Waals surface area (Å²) in [7, 11) is 1.85. The number of anilines is 1. The van der Waals surface area contributed by atoms with Crippen molar-refractivity contribution in [2.45, 2.75) is 12.8 Å². The van der Waals surface area contributed by atoms with Crippen molar-refractivity contribution in [3.8, 4) is 23.2 Å². The van der Waals surface area contributed by atoms with Crippen molar-refractivity contribution in [3.63, 3.8) is 0 Å². The molecule has 4 aromatic rings. The molecule has 31 heavy (non-hydrogen) atoms. The smallest absolute Gasteiger partial charge is 0.272 e. The average Bonchev–Trinajstić information content (AvgIpc) is 3.34. The molecule has 2 aromatic carbocycles. The second-order valence-corrected chi connectivity index (χ2v) is 7.64. The summed E-state index contributed by atoms with van der Waals surface area (Å²) in [6.45, 7) is 0.737. The minimum Gasteiger partial charge on any atom is -0.493 e. The lowest BCUT2D eigenvalue weighted by Crippen LogP contribution is -2.16. The number of ether oxygens (including phenoxy) is 1. The molecule has 1 amide bonds. The number of amides is 1. The van der Waals surface area contributed by atoms with Gasteiger partial charge in [-0.1, -0.05) is 0 Å². The van der Waals surface area contributed by atoms with Crippen LogP contribution in [0.5, 0.6) is 5.75 Å². The Balaban J connectivity index is 1.44. The fraction of sp³-hybridized carbons (Fsp3) is 0.227. The van der Waals surface area contributed by atoms with Gasteiger partial charge in [0.25, 0.3) is 5.91 Å². The molecule has 0 spiro atoms. The summed E-state index contributed by atoms with van der Waals surface area (Å²) in [6, 6.07) is 14.7. The van der Waals surface area contributed by atoms with Crippen LogP contribution in [0.3, 0.4) is 0 Å². The van der Waals surface area contributed by atoms with Gasteiger partial charge in [0.05, 0.1) is 29.4 Å². The Bertz CT molecular complexity index is 1310. The number of rotatable bonds is 6. The van der Waals surface area contributed by atoms with Crippen LogP contribution in [0.2, 0.25) is 0 Å². The maximum absolute atomic E-state index is 13.1. The van der Waals surface area contributed by atoms with Gasteiger partial charge in [0.15, 0.2) is 5.82 Å². The van der Waals surface area contributed by atoms with Crippen LogP contribution in [0.15, 0.2) is 42.5 Å². The summed E-state index contributed by atoms with van der Waals surface area (Å²) < 4.78 is 7.72. The third-order valence-corrected chi connectivity index (χ3v) is 5.43. The second-order valence-electron chi connectivity index (χ2n) is 7.64. The van der Waals surface area contributed by atoms with E-state index in [1.54, 1.807) is 18.2 Å². The van der Waals surface area contributed by atoms with Gasteiger partial charge in [-0.3, -0.25) is 4.79 Å². The molecule has 154 valence electrons. The first-order chi connectivity index (χ1) is 15.1. The van der Waals surface area contributed by atoms with Gasteiger partial charge in [0.1, 0.15) is 11.4 Å². The number of tetrazole rings is 1. The molecule has 0 aliphatic heterocycles. The normalized spacial score (nSPS) is 13.2. The zero-order valence-corrected chi connectivity index (χ0v) is 16.8. The Morgan fingerprint density at radius 1 is 1.29 bits per heavy atom. The highest BCUT2D eigenvalue weighted by atomic mass is 16.5. The number of carbonyl (C=O) groups excluding carboxylic acids is 1. The van der Waals surface area contributed by atoms with Crippen LogP contribution in [0, 0.1) is 17.2 Å². The summed E-state index contributed by atoms with van der Waals surface area (Å²) in [5, 5.41) is 26.8. The number of fused-ring (bicyclic) bond motifs is 1. The van der Waals surface area contributed by atoms with Crippen molar-refractivity contribution in [2.24, 2.45) is 13.0 Å². The number of aryl methyl sites for hydroxylation is 1. The minimum atomic E-state index is -0.280. The molecule has 0 atom stereocenters. The Labute approximate surface area is 177 Å². The predicted molar refractivity (Wildman–Crippen MR) is 113 cm³/mol. The van der Waals surface area contributed by atoms with E-state index in [1.165, 1.54) is 12.8 Å². The first-order valence-electron chi connectivity index (χ1n) is 9.94. The Kier molecular flexibility index (Phi) is 4.59. The summed E-state index contributed by atoms with van der Waals surface area (Å²) in [5.41, 5.74) is 2.89. The number of carbonyl (C=O) groups is 1. The standard InChI is InChI=1S/C22H19N7O2/c1-29-19-10-16(31-12-13-2-3-13)6-5-15(19)9-20(29)22(30)24-18-7-4-14(11-23)8-17(18)21-25-27-28-26-21/h4-10,13H,2-3,12H2,1H3,(H,24,30)(H,25,26,27,28). The van der Waals surface area contributed by atoms with E-state index in [-0.39, 0.29) is 5.91 Å². The zero-order valence-electron chi connectivity index (χ0n) is 16.8. The molecule has 0 saturated heterocycles. The molecule has 1 aliphatic rings. The van der Waals surface area contributed by atoms with Crippen LogP contribution in [0.25, 0.3) is 22.3 Å². The lowest BCUT2D eigenvalue weighted by atomic mass is 10.1. The van der Waals surface area contributed by atoms with Gasteiger partial charge < -0.3 is 14.6 Å². The predicted octanol–water partition coefficient (Wildman–Crippen LogP) is 3.27. The lowest BCUT2D eigenvalue weighted by Gasteiger charge is -2.10. The number of aromatic nitrogens is 5. The SMILES string of the molecule is Cn1c(C(=O)Nc2ccc(C#N)cc2-c2nnn[nH]2)cc2ccc(OCC3CC3)cc21. The Morgan fingerprint density at radius 2 is 2.16 bits per heavy atom. The van der Waals surface area contributed by atoms with Gasteiger partial charge in [0, 0.05) is 24.1 Å². The number of aromatic amines is 1. The van der Waals surface area contributed by atoms with E-state index in [4.69, 9.17) is 4.74 Å². The largest absolute Gasteiger partial charge is 0.493 e. The van der Waals surface area contributed by atoms with Crippen LogP contribution >= 0.6 is 0 Å². The highest BCUT2D eigenvalue weighted by molar-refractivity contribution is 6.08. The van der Waals surface area contributed by atoms with Crippen molar-refractivity contribution >= 4 is 22.5 Å². The molecule has 0 bridgehead atoms. The Hall–Kier alpha value is -4.19. The third-order valence-electron chi connectivity index (χ3n) is 5.43. The summed E-state index contributed by atoms with van der Waals surface area (Å²) in [5.74, 6) is 1.56. The summed E-state index contributed by atoms with van der Waals surface area (Å²) in [4.78, 5) is 13.1. The topological polar surface area (TPSA) is 122 Å². The van der Waals surface area contributed by atoms with Crippen LogP contribution in [-0.4, -0.2) is 37.7 Å². The van der Waals surface area contributed by atoms with Gasteiger partial charge in [0.2, 0.25) is 0 Å². The molecule has 2 N–H and O–H groups in total. The van der Waals surface area contributed by atoms with Gasteiger partial charge in [-0.25, -0.2) is 5.10 Å². The van der Waals surface area contributed by atoms with E-state index in [1.807, 2.05) is 35.9 Å². The molecule has 1 saturated carbocycles. The lowest BCUT2D eigenvalue weighted by molar-refractivity contribution is 0.102. The Morgan fingerprint density at radius 3 is 2.90 bits per heavy atom. The van der Waals surface area contributed by atoms with Crippen molar-refractivity contribution in [2.75, 3.05) is 11.9 Å². The molecule has 1 aliphatic carbocycles. The number of benzene rings is 2. The van der Waals surface area contributed by atoms with Crippen LogP contribution in [0.1, 0.15) is 28.9 Å². The van der Waals surface area contributed by atoms with E-state index in [9.17, 15) is 10.1 Å².